The van der Waals surface area contributed by atoms with E-state index in [4.69, 9.17) is 9.16 Å². The molecule has 2 aliphatic rings. The fourth-order valence-electron chi connectivity index (χ4n) is 3.79. The fraction of sp³-hybridized carbons (Fsp3) is 0.304. The molecule has 0 unspecified atom stereocenters. The van der Waals surface area contributed by atoms with Crippen LogP contribution in [0.15, 0.2) is 63.3 Å². The number of rotatable bonds is 6. The number of hydrogen-bond acceptors (Lipinski definition) is 2. The fourth-order valence-corrected chi connectivity index (χ4v) is 8.05. The normalized spacial score (nSPS) is 14.1. The Morgan fingerprint density at radius 2 is 1.69 bits per heavy atom. The molecule has 2 aliphatic carbocycles. The average Bonchev–Trinajstić information content (AvgIpc) is 3.17. The predicted octanol–water partition coefficient (Wildman–Crippen LogP) is -0.639. The van der Waals surface area contributed by atoms with Crippen LogP contribution in [0.25, 0.3) is 11.1 Å². The van der Waals surface area contributed by atoms with Crippen LogP contribution in [0, 0.1) is 0 Å². The van der Waals surface area contributed by atoms with Gasteiger partial charge in [0.25, 0.3) is 0 Å². The molecule has 2 aromatic carbocycles. The van der Waals surface area contributed by atoms with Gasteiger partial charge in [-0.15, -0.1) is 0 Å². The summed E-state index contributed by atoms with van der Waals surface area (Å²) in [6, 6.07) is 15.7. The molecule has 0 aliphatic heterocycles. The van der Waals surface area contributed by atoms with E-state index in [9.17, 15) is 0 Å². The van der Waals surface area contributed by atoms with Crippen molar-refractivity contribution >= 4 is 11.6 Å². The van der Waals surface area contributed by atoms with Gasteiger partial charge in [-0.2, -0.15) is 0 Å². The average molecular weight is 525 g/mol. The number of fused-ring (bicyclic) bond motifs is 3. The monoisotopic (exact) mass is 522 g/mol. The number of allylic oxidation sites excluding steroid dienone is 2. The zero-order valence-corrected chi connectivity index (χ0v) is 22.3. The van der Waals surface area contributed by atoms with E-state index in [2.05, 4.69) is 75.1 Å². The minimum atomic E-state index is -1.64. The maximum Gasteiger partial charge on any atom is -1.00 e. The van der Waals surface area contributed by atoms with E-state index in [-0.39, 0.29) is 24.8 Å². The van der Waals surface area contributed by atoms with E-state index in [1.54, 1.807) is 8.83 Å². The summed E-state index contributed by atoms with van der Waals surface area (Å²) < 4.78 is 15.5. The molecule has 4 rings (SSSR count). The molecule has 0 saturated heterocycles. The third-order valence-corrected chi connectivity index (χ3v) is 9.28. The number of hydrogen-bond donors (Lipinski definition) is 0. The minimum Gasteiger partial charge on any atom is -1.00 e. The van der Waals surface area contributed by atoms with E-state index in [0.717, 1.165) is 24.4 Å². The van der Waals surface area contributed by atoms with Crippen molar-refractivity contribution in [2.45, 2.75) is 39.4 Å². The topological polar surface area (TPSA) is 18.5 Å². The first kappa shape index (κ1) is 24.5. The first-order chi connectivity index (χ1) is 13.0. The van der Waals surface area contributed by atoms with Gasteiger partial charge >= 0.3 is 176 Å². The summed E-state index contributed by atoms with van der Waals surface area (Å²) in [4.78, 5) is 0. The zero-order chi connectivity index (χ0) is 19.0. The quantitative estimate of drug-likeness (QED) is 0.400. The van der Waals surface area contributed by atoms with Crippen LogP contribution >= 0.6 is 0 Å². The van der Waals surface area contributed by atoms with E-state index in [1.807, 2.05) is 0 Å². The number of halogens is 2. The summed E-state index contributed by atoms with van der Waals surface area (Å²) >= 11 is -0.926. The maximum atomic E-state index is 6.32. The molecule has 0 aromatic heterocycles. The molecule has 0 fully saturated rings. The van der Waals surface area contributed by atoms with Crippen LogP contribution in [-0.4, -0.2) is 14.9 Å². The van der Waals surface area contributed by atoms with Crippen LogP contribution in [0.4, 0.5) is 0 Å². The van der Waals surface area contributed by atoms with Crippen LogP contribution in [0.1, 0.15) is 24.5 Å². The second-order valence-corrected chi connectivity index (χ2v) is 15.9. The van der Waals surface area contributed by atoms with Crippen molar-refractivity contribution in [3.05, 3.63) is 74.5 Å². The molecule has 6 heteroatoms. The Morgan fingerprint density at radius 1 is 0.966 bits per heavy atom. The second kappa shape index (κ2) is 10.0. The molecule has 152 valence electrons. The van der Waals surface area contributed by atoms with Crippen molar-refractivity contribution in [2.24, 2.45) is 0 Å². The smallest absolute Gasteiger partial charge is 1.00 e. The summed E-state index contributed by atoms with van der Waals surface area (Å²) in [6.45, 7) is 9.46. The van der Waals surface area contributed by atoms with Crippen molar-refractivity contribution < 1.29 is 57.2 Å². The van der Waals surface area contributed by atoms with Gasteiger partial charge in [-0.05, 0) is 0 Å². The number of benzene rings is 2. The van der Waals surface area contributed by atoms with Crippen molar-refractivity contribution in [3.63, 3.8) is 0 Å². The van der Waals surface area contributed by atoms with Gasteiger partial charge in [-0.1, -0.05) is 0 Å². The van der Waals surface area contributed by atoms with Crippen molar-refractivity contribution in [1.82, 2.24) is 0 Å². The molecule has 2 nitrogen and oxygen atoms in total. The Hall–Kier alpha value is -0.800. The second-order valence-electron chi connectivity index (χ2n) is 8.02. The van der Waals surface area contributed by atoms with Gasteiger partial charge in [0, 0.05) is 0 Å². The molecule has 0 spiro atoms. The van der Waals surface area contributed by atoms with Gasteiger partial charge < -0.3 is 24.8 Å². The molecule has 0 radical (unpaired) electrons. The third-order valence-electron chi connectivity index (χ3n) is 4.83. The summed E-state index contributed by atoms with van der Waals surface area (Å²) in [7, 11) is -1.64. The molecule has 0 N–H and O–H groups in total. The Bertz CT molecular complexity index is 948. The third kappa shape index (κ3) is 5.28. The maximum absolute atomic E-state index is 6.32. The Morgan fingerprint density at radius 3 is 2.41 bits per heavy atom. The van der Waals surface area contributed by atoms with Gasteiger partial charge in [0.2, 0.25) is 0 Å². The first-order valence-corrected chi connectivity index (χ1v) is 15.6. The first-order valence-electron chi connectivity index (χ1n) is 9.69. The van der Waals surface area contributed by atoms with Crippen LogP contribution in [0.3, 0.4) is 0 Å². The Balaban J connectivity index is 0.00000150. The Kier molecular flexibility index (Phi) is 8.44. The summed E-state index contributed by atoms with van der Waals surface area (Å²) in [5.74, 6) is 2.06. The molecule has 0 heterocycles. The van der Waals surface area contributed by atoms with Gasteiger partial charge in [0.1, 0.15) is 0 Å². The molecular formula is C23H26Cl2O2SiZr. The van der Waals surface area contributed by atoms with Gasteiger partial charge in [0.15, 0.2) is 0 Å². The van der Waals surface area contributed by atoms with Crippen molar-refractivity contribution in [2.75, 3.05) is 6.61 Å². The SMILES string of the molecule is CCOC1=[C]([Zr+2][c]2cccc3c2Cc2ccccc2-3)CC=C1O[Si](C)(C)C.[Cl-].[Cl-]. The van der Waals surface area contributed by atoms with E-state index in [0.29, 0.717) is 6.61 Å². The van der Waals surface area contributed by atoms with Crippen molar-refractivity contribution in [1.29, 1.82) is 0 Å². The summed E-state index contributed by atoms with van der Waals surface area (Å²) in [5.41, 5.74) is 5.87. The van der Waals surface area contributed by atoms with Crippen LogP contribution < -0.4 is 28.1 Å². The standard InChI is InChI=1S/C13H9.C10H17O2Si.2ClH.Zr/c1-3-7-12-10(5-1)9-11-6-2-4-8-13(11)12;1-5-11-9-7-6-8-10(9)12-13(2,3)4;;;/h1-5,7-8H,9H2;8H,5-6H2,1-4H3;2*1H;/q;;;;+2/p-2. The van der Waals surface area contributed by atoms with Gasteiger partial charge in [-0.3, -0.25) is 0 Å². The van der Waals surface area contributed by atoms with Crippen molar-refractivity contribution in [3.8, 4) is 11.1 Å². The predicted molar refractivity (Wildman–Crippen MR) is 110 cm³/mol. The summed E-state index contributed by atoms with van der Waals surface area (Å²) in [5, 5.41) is 0. The van der Waals surface area contributed by atoms with E-state index in [1.165, 1.54) is 20.0 Å². The largest absolute Gasteiger partial charge is 1.00 e. The van der Waals surface area contributed by atoms with E-state index >= 15 is 0 Å². The minimum absolute atomic E-state index is 0. The van der Waals surface area contributed by atoms with Crippen LogP contribution in [0.2, 0.25) is 19.6 Å². The molecular weight excluding hydrogens is 498 g/mol. The van der Waals surface area contributed by atoms with Crippen LogP contribution in [0.5, 0.6) is 0 Å². The molecule has 2 aromatic rings. The van der Waals surface area contributed by atoms with Gasteiger partial charge in [-0.25, -0.2) is 0 Å². The van der Waals surface area contributed by atoms with Gasteiger partial charge in [0.05, 0.1) is 0 Å². The summed E-state index contributed by atoms with van der Waals surface area (Å²) in [6.07, 6.45) is 4.32. The zero-order valence-electron chi connectivity index (χ0n) is 17.3. The Labute approximate surface area is 199 Å². The molecule has 29 heavy (non-hydrogen) atoms. The van der Waals surface area contributed by atoms with E-state index < -0.39 is 31.6 Å². The molecule has 0 amide bonds. The number of ether oxygens (including phenoxy) is 1. The van der Waals surface area contributed by atoms with Crippen LogP contribution in [-0.2, 0) is 38.8 Å². The molecule has 0 saturated carbocycles. The molecule has 0 atom stereocenters. The molecule has 0 bridgehead atoms.